The zero-order valence-corrected chi connectivity index (χ0v) is 22.8. The van der Waals surface area contributed by atoms with Gasteiger partial charge in [0.15, 0.2) is 5.82 Å². The average molecular weight is 529 g/mol. The minimum Gasteiger partial charge on any atom is -0.496 e. The number of benzene rings is 1. The van der Waals surface area contributed by atoms with Crippen molar-refractivity contribution in [1.29, 1.82) is 0 Å². The maximum Gasteiger partial charge on any atom is 0.270 e. The first-order valence-corrected chi connectivity index (χ1v) is 12.7. The van der Waals surface area contributed by atoms with E-state index in [0.717, 1.165) is 44.9 Å². The van der Waals surface area contributed by atoms with Crippen LogP contribution in [0.4, 0.5) is 0 Å². The molecule has 0 fully saturated rings. The van der Waals surface area contributed by atoms with Crippen molar-refractivity contribution in [2.75, 3.05) is 13.7 Å². The van der Waals surface area contributed by atoms with Gasteiger partial charge in [0.25, 0.3) is 5.91 Å². The van der Waals surface area contributed by atoms with Crippen LogP contribution in [0.15, 0.2) is 42.7 Å². The molecular formula is C28H32N8O3. The van der Waals surface area contributed by atoms with E-state index < -0.39 is 0 Å². The molecule has 0 spiro atoms. The number of ether oxygens (including phenoxy) is 1. The first kappa shape index (κ1) is 26.1. The normalized spacial score (nSPS) is 11.3. The Labute approximate surface area is 226 Å². The minimum absolute atomic E-state index is 0.0836. The number of rotatable bonds is 9. The number of imidazole rings is 1. The number of aromatic nitrogens is 7. The van der Waals surface area contributed by atoms with Crippen LogP contribution in [-0.2, 0) is 27.2 Å². The molecule has 0 aliphatic heterocycles. The number of hydrogen-bond acceptors (Lipinski definition) is 7. The smallest absolute Gasteiger partial charge is 0.270 e. The molecule has 5 aromatic rings. The number of nitrogens with zero attached hydrogens (tertiary/aromatic N) is 7. The second-order valence-corrected chi connectivity index (χ2v) is 9.59. The van der Waals surface area contributed by atoms with Crippen LogP contribution in [0.3, 0.4) is 0 Å². The summed E-state index contributed by atoms with van der Waals surface area (Å²) in [5, 5.41) is 22.0. The van der Waals surface area contributed by atoms with Gasteiger partial charge in [-0.25, -0.2) is 9.97 Å². The zero-order chi connectivity index (χ0) is 27.7. The number of aliphatic hydroxyl groups excluding tert-OH is 1. The fourth-order valence-electron chi connectivity index (χ4n) is 4.65. The van der Waals surface area contributed by atoms with Crippen molar-refractivity contribution in [2.45, 2.75) is 33.4 Å². The highest BCUT2D eigenvalue weighted by Crippen LogP contribution is 2.30. The van der Waals surface area contributed by atoms with Gasteiger partial charge in [0.2, 0.25) is 0 Å². The summed E-state index contributed by atoms with van der Waals surface area (Å²) < 4.78 is 10.9. The summed E-state index contributed by atoms with van der Waals surface area (Å²) in [4.78, 5) is 23.0. The largest absolute Gasteiger partial charge is 0.496 e. The lowest BCUT2D eigenvalue weighted by Crippen LogP contribution is -2.24. The van der Waals surface area contributed by atoms with E-state index in [0.29, 0.717) is 31.0 Å². The number of amides is 1. The predicted molar refractivity (Wildman–Crippen MR) is 147 cm³/mol. The summed E-state index contributed by atoms with van der Waals surface area (Å²) in [5.41, 5.74) is 6.00. The lowest BCUT2D eigenvalue weighted by Gasteiger charge is -2.11. The van der Waals surface area contributed by atoms with Crippen molar-refractivity contribution in [3.63, 3.8) is 0 Å². The molecule has 39 heavy (non-hydrogen) atoms. The summed E-state index contributed by atoms with van der Waals surface area (Å²) in [5.74, 6) is 1.01. The molecule has 1 aromatic carbocycles. The van der Waals surface area contributed by atoms with Gasteiger partial charge in [-0.15, -0.1) is 0 Å². The maximum absolute atomic E-state index is 13.3. The van der Waals surface area contributed by atoms with E-state index in [2.05, 4.69) is 15.5 Å². The van der Waals surface area contributed by atoms with Gasteiger partial charge in [0.05, 0.1) is 30.2 Å². The van der Waals surface area contributed by atoms with Crippen molar-refractivity contribution < 1.29 is 14.6 Å². The number of fused-ring (bicyclic) bond motifs is 1. The van der Waals surface area contributed by atoms with Gasteiger partial charge in [-0.05, 0) is 44.0 Å². The molecule has 5 rings (SSSR count). The summed E-state index contributed by atoms with van der Waals surface area (Å²) in [6, 6.07) is 9.58. The molecule has 11 nitrogen and oxygen atoms in total. The number of carbonyl (C=O) groups excluding carboxylic acids is 1. The monoisotopic (exact) mass is 528 g/mol. The summed E-state index contributed by atoms with van der Waals surface area (Å²) in [6.45, 7) is 4.88. The van der Waals surface area contributed by atoms with Crippen LogP contribution in [0.1, 0.15) is 33.7 Å². The molecule has 4 heterocycles. The van der Waals surface area contributed by atoms with E-state index in [-0.39, 0.29) is 18.2 Å². The van der Waals surface area contributed by atoms with Gasteiger partial charge in [-0.2, -0.15) is 10.2 Å². The minimum atomic E-state index is -0.311. The van der Waals surface area contributed by atoms with E-state index in [9.17, 15) is 9.90 Å². The van der Waals surface area contributed by atoms with Crippen molar-refractivity contribution in [3.05, 3.63) is 65.2 Å². The van der Waals surface area contributed by atoms with Crippen molar-refractivity contribution in [1.82, 2.24) is 39.4 Å². The Morgan fingerprint density at radius 2 is 1.95 bits per heavy atom. The molecule has 0 unspecified atom stereocenters. The average Bonchev–Trinajstić information content (AvgIpc) is 3.62. The van der Waals surface area contributed by atoms with E-state index >= 15 is 0 Å². The third kappa shape index (κ3) is 5.13. The molecule has 1 amide bonds. The van der Waals surface area contributed by atoms with Crippen molar-refractivity contribution in [2.24, 2.45) is 14.1 Å². The van der Waals surface area contributed by atoms with Crippen LogP contribution in [0.2, 0.25) is 0 Å². The van der Waals surface area contributed by atoms with Crippen molar-refractivity contribution >= 4 is 16.8 Å². The molecule has 0 radical (unpaired) electrons. The highest BCUT2D eigenvalue weighted by atomic mass is 16.5. The fraction of sp³-hybridized carbons (Fsp3) is 0.321. The number of methoxy groups -OCH3 is 1. The standard InChI is InChI=1S/C28H32N8O3/c1-17-7-8-19(25(11-17)39-5)14-29-28(38)21-13-23-20(15-30-35(23)4)26(31-21)27-32-22(16-34(27)3)24-12-18(2)33-36(24)9-6-10-37/h7-8,11-13,15-16,37H,6,9-10,14H2,1-5H3,(H,29,38). The zero-order valence-electron chi connectivity index (χ0n) is 22.8. The lowest BCUT2D eigenvalue weighted by molar-refractivity contribution is 0.0946. The molecule has 202 valence electrons. The Balaban J connectivity index is 1.51. The summed E-state index contributed by atoms with van der Waals surface area (Å²) >= 11 is 0. The van der Waals surface area contributed by atoms with E-state index in [1.165, 1.54) is 0 Å². The Bertz CT molecular complexity index is 1660. The number of hydrogen-bond donors (Lipinski definition) is 2. The fourth-order valence-corrected chi connectivity index (χ4v) is 4.65. The third-order valence-corrected chi connectivity index (χ3v) is 6.64. The van der Waals surface area contributed by atoms with Crippen molar-refractivity contribution in [3.8, 4) is 28.7 Å². The Morgan fingerprint density at radius 1 is 1.13 bits per heavy atom. The van der Waals surface area contributed by atoms with Crippen LogP contribution in [0.25, 0.3) is 33.8 Å². The van der Waals surface area contributed by atoms with E-state index in [1.54, 1.807) is 24.1 Å². The quantitative estimate of drug-likeness (QED) is 0.301. The molecule has 0 atom stereocenters. The SMILES string of the molecule is COc1cc(C)ccc1CNC(=O)c1cc2c(cnn2C)c(-c2nc(-c3cc(C)nn3CCCO)cn2C)n1. The number of pyridine rings is 1. The van der Waals surface area contributed by atoms with Gasteiger partial charge in [0.1, 0.15) is 22.8 Å². The first-order chi connectivity index (χ1) is 18.8. The van der Waals surface area contributed by atoms with Gasteiger partial charge >= 0.3 is 0 Å². The Hall–Kier alpha value is -4.51. The highest BCUT2D eigenvalue weighted by Gasteiger charge is 2.21. The molecular weight excluding hydrogens is 496 g/mol. The molecule has 0 aliphatic carbocycles. The Morgan fingerprint density at radius 3 is 2.72 bits per heavy atom. The second-order valence-electron chi connectivity index (χ2n) is 9.59. The molecule has 2 N–H and O–H groups in total. The van der Waals surface area contributed by atoms with Crippen LogP contribution in [0, 0.1) is 13.8 Å². The topological polar surface area (TPSA) is 125 Å². The highest BCUT2D eigenvalue weighted by molar-refractivity contribution is 5.99. The third-order valence-electron chi connectivity index (χ3n) is 6.64. The van der Waals surface area contributed by atoms with Gasteiger partial charge in [0, 0.05) is 50.9 Å². The maximum atomic E-state index is 13.3. The molecule has 11 heteroatoms. The molecule has 0 saturated carbocycles. The predicted octanol–water partition coefficient (Wildman–Crippen LogP) is 3.17. The second kappa shape index (κ2) is 10.7. The summed E-state index contributed by atoms with van der Waals surface area (Å²) in [6.07, 6.45) is 4.25. The van der Waals surface area contributed by atoms with Crippen LogP contribution in [-0.4, -0.2) is 58.8 Å². The first-order valence-electron chi connectivity index (χ1n) is 12.7. The lowest BCUT2D eigenvalue weighted by atomic mass is 10.1. The van der Waals surface area contributed by atoms with E-state index in [4.69, 9.17) is 14.7 Å². The molecule has 4 aromatic heterocycles. The van der Waals surface area contributed by atoms with Gasteiger partial charge in [-0.1, -0.05) is 12.1 Å². The Kier molecular flexibility index (Phi) is 7.16. The van der Waals surface area contributed by atoms with Crippen LogP contribution < -0.4 is 10.1 Å². The van der Waals surface area contributed by atoms with Gasteiger partial charge in [-0.3, -0.25) is 14.2 Å². The molecule has 0 saturated heterocycles. The number of aliphatic hydroxyl groups is 1. The number of carbonyl (C=O) groups is 1. The molecule has 0 aliphatic rings. The molecule has 0 bridgehead atoms. The van der Waals surface area contributed by atoms with Crippen LogP contribution >= 0.6 is 0 Å². The summed E-state index contributed by atoms with van der Waals surface area (Å²) in [7, 11) is 5.34. The number of nitrogens with one attached hydrogen (secondary N) is 1. The van der Waals surface area contributed by atoms with E-state index in [1.807, 2.05) is 67.7 Å². The van der Waals surface area contributed by atoms with Gasteiger partial charge < -0.3 is 19.7 Å². The van der Waals surface area contributed by atoms with Crippen LogP contribution in [0.5, 0.6) is 5.75 Å². The number of aryl methyl sites for hydroxylation is 5.